The molecule has 0 amide bonds. The van der Waals surface area contributed by atoms with Crippen LogP contribution in [0.4, 0.5) is 0 Å². The molecule has 2 heterocycles. The van der Waals surface area contributed by atoms with Gasteiger partial charge in [0.05, 0.1) is 7.11 Å². The molecule has 1 unspecified atom stereocenters. The minimum absolute atomic E-state index is 0.0509. The lowest BCUT2D eigenvalue weighted by Gasteiger charge is -2.42. The molecule has 0 spiro atoms. The van der Waals surface area contributed by atoms with E-state index in [-0.39, 0.29) is 56.8 Å². The van der Waals surface area contributed by atoms with Gasteiger partial charge in [-0.25, -0.2) is 0 Å². The van der Waals surface area contributed by atoms with Gasteiger partial charge in [0, 0.05) is 28.2 Å². The number of hydrogen-bond donors (Lipinski definition) is 2. The number of nitrogens with zero attached hydrogens (tertiary/aromatic N) is 6. The summed E-state index contributed by atoms with van der Waals surface area (Å²) in [5, 5.41) is 46.6. The summed E-state index contributed by atoms with van der Waals surface area (Å²) in [6, 6.07) is 38.5. The van der Waals surface area contributed by atoms with Crippen molar-refractivity contribution in [3.8, 4) is 28.6 Å². The Bertz CT molecular complexity index is 3040. The van der Waals surface area contributed by atoms with Crippen LogP contribution in [0.1, 0.15) is 157 Å². The number of ketones is 2. The number of benzene rings is 6. The predicted molar refractivity (Wildman–Crippen MR) is 287 cm³/mol. The zero-order valence-corrected chi connectivity index (χ0v) is 44.0. The van der Waals surface area contributed by atoms with Gasteiger partial charge in [0.1, 0.15) is 56.1 Å². The molecule has 0 saturated heterocycles. The van der Waals surface area contributed by atoms with Crippen molar-refractivity contribution in [2.24, 2.45) is 16.2 Å². The molecule has 0 bridgehead atoms. The van der Waals surface area contributed by atoms with Crippen molar-refractivity contribution in [2.75, 3.05) is 7.11 Å². The molecule has 2 aromatic heterocycles. The van der Waals surface area contributed by atoms with E-state index in [0.29, 0.717) is 46.2 Å². The molecule has 0 saturated carbocycles. The minimum atomic E-state index is -2.01. The fourth-order valence-electron chi connectivity index (χ4n) is 11.3. The Morgan fingerprint density at radius 2 is 0.917 bits per heavy atom. The summed E-state index contributed by atoms with van der Waals surface area (Å²) in [6.45, 7) is 23.9. The van der Waals surface area contributed by atoms with Crippen molar-refractivity contribution < 1.29 is 24.5 Å². The number of carbonyl (C=O) groups is 2. The quantitative estimate of drug-likeness (QED) is 0.0673. The van der Waals surface area contributed by atoms with Gasteiger partial charge in [-0.2, -0.15) is 0 Å². The normalized spacial score (nSPS) is 13.5. The van der Waals surface area contributed by atoms with Crippen LogP contribution in [0.2, 0.25) is 0 Å². The zero-order valence-electron chi connectivity index (χ0n) is 44.0. The van der Waals surface area contributed by atoms with Crippen LogP contribution in [0.15, 0.2) is 127 Å². The molecule has 0 radical (unpaired) electrons. The van der Waals surface area contributed by atoms with Crippen LogP contribution >= 0.6 is 0 Å². The number of aromatic nitrogens is 6. The SMILES string of the molecule is CCCCC(C(=O)c1ccccc1)(C(=O)c1ccc(OC)cc1)C(c1cc(C(C)(C)CC(C)(C)C)cc(-n2nc3ccccc3n2)c1O)c1cc(C(C)(C)CC(C)(C)C)cc(-n2nc3ccccc3n2)c1O. The Balaban J connectivity index is 1.60. The topological polar surface area (TPSA) is 145 Å². The molecule has 0 aliphatic carbocycles. The number of aromatic hydroxyl groups is 2. The highest BCUT2D eigenvalue weighted by Crippen LogP contribution is 2.56. The standard InChI is InChI=1S/C61H70N6O5/c1-13-14-32-61(55(70)39-22-16-15-17-23-39,56(71)40-28-30-43(72-12)31-29-40)52(44-33-41(59(8,9)37-57(2,3)4)35-50(53(44)68)66-62-46-24-18-19-25-47(46)63-66)45-34-42(60(10,11)38-58(5,6)7)36-51(54(45)69)67-64-48-26-20-21-27-49(48)65-67/h15-31,33-36,52,68-69H,13-14,32,37-38H2,1-12H3. The average Bonchev–Trinajstić information content (AvgIpc) is 3.97. The fourth-order valence-corrected chi connectivity index (χ4v) is 11.3. The summed E-state index contributed by atoms with van der Waals surface area (Å²) in [4.78, 5) is 36.0. The number of methoxy groups -OCH3 is 1. The van der Waals surface area contributed by atoms with E-state index < -0.39 is 33.7 Å². The molecule has 6 aromatic carbocycles. The van der Waals surface area contributed by atoms with Crippen LogP contribution in [0, 0.1) is 16.2 Å². The summed E-state index contributed by atoms with van der Waals surface area (Å²) in [5.41, 5.74) is 2.38. The molecule has 2 N–H and O–H groups in total. The number of phenolic OH excluding ortho intramolecular Hbond substituents is 2. The maximum atomic E-state index is 16.6. The Morgan fingerprint density at radius 1 is 0.542 bits per heavy atom. The highest BCUT2D eigenvalue weighted by atomic mass is 16.5. The number of carbonyl (C=O) groups excluding carboxylic acids is 2. The van der Waals surface area contributed by atoms with Crippen LogP contribution < -0.4 is 4.74 Å². The Hall–Kier alpha value is -7.14. The number of hydrogen-bond acceptors (Lipinski definition) is 9. The van der Waals surface area contributed by atoms with E-state index >= 15 is 9.59 Å². The van der Waals surface area contributed by atoms with Crippen molar-refractivity contribution in [1.29, 1.82) is 0 Å². The summed E-state index contributed by atoms with van der Waals surface area (Å²) in [6.07, 6.45) is 2.58. The maximum absolute atomic E-state index is 16.6. The van der Waals surface area contributed by atoms with Crippen molar-refractivity contribution in [3.05, 3.63) is 161 Å². The van der Waals surface area contributed by atoms with Gasteiger partial charge in [-0.1, -0.05) is 156 Å². The van der Waals surface area contributed by atoms with Gasteiger partial charge in [-0.05, 0) is 113 Å². The van der Waals surface area contributed by atoms with Crippen molar-refractivity contribution in [1.82, 2.24) is 30.0 Å². The first-order chi connectivity index (χ1) is 34.0. The third kappa shape index (κ3) is 10.2. The van der Waals surface area contributed by atoms with E-state index in [0.717, 1.165) is 24.0 Å². The maximum Gasteiger partial charge on any atom is 0.177 e. The van der Waals surface area contributed by atoms with E-state index in [4.69, 9.17) is 25.1 Å². The van der Waals surface area contributed by atoms with Gasteiger partial charge >= 0.3 is 0 Å². The number of rotatable bonds is 17. The number of Topliss-reactive ketones (excluding diaryl/α,β-unsaturated/α-hetero) is 2. The second-order valence-corrected chi connectivity index (χ2v) is 23.3. The number of phenols is 2. The minimum Gasteiger partial charge on any atom is -0.505 e. The van der Waals surface area contributed by atoms with Gasteiger partial charge in [0.15, 0.2) is 11.6 Å². The lowest BCUT2D eigenvalue weighted by molar-refractivity contribution is 0.0608. The van der Waals surface area contributed by atoms with E-state index in [2.05, 4.69) is 69.2 Å². The second kappa shape index (κ2) is 19.5. The first kappa shape index (κ1) is 51.2. The van der Waals surface area contributed by atoms with Crippen LogP contribution in [0.25, 0.3) is 33.4 Å². The monoisotopic (exact) mass is 967 g/mol. The summed E-state index contributed by atoms with van der Waals surface area (Å²) >= 11 is 0. The first-order valence-corrected chi connectivity index (χ1v) is 25.1. The average molecular weight is 967 g/mol. The smallest absolute Gasteiger partial charge is 0.177 e. The van der Waals surface area contributed by atoms with Gasteiger partial charge in [0.2, 0.25) is 0 Å². The summed E-state index contributed by atoms with van der Waals surface area (Å²) in [5.74, 6) is -2.19. The molecule has 1 atom stereocenters. The molecule has 0 fully saturated rings. The van der Waals surface area contributed by atoms with Crippen LogP contribution in [0.3, 0.4) is 0 Å². The molecular formula is C61H70N6O5. The highest BCUT2D eigenvalue weighted by Gasteiger charge is 2.55. The number of unbranched alkanes of at least 4 members (excludes halogenated alkanes) is 1. The van der Waals surface area contributed by atoms with E-state index in [1.807, 2.05) is 85.8 Å². The summed E-state index contributed by atoms with van der Waals surface area (Å²) in [7, 11) is 1.56. The van der Waals surface area contributed by atoms with Gasteiger partial charge in [-0.3, -0.25) is 9.59 Å². The van der Waals surface area contributed by atoms with E-state index in [9.17, 15) is 10.2 Å². The molecule has 0 aliphatic rings. The van der Waals surface area contributed by atoms with Gasteiger partial charge in [-0.15, -0.1) is 30.0 Å². The fraction of sp³-hybridized carbons (Fsp3) is 0.377. The van der Waals surface area contributed by atoms with Crippen molar-refractivity contribution >= 4 is 33.6 Å². The zero-order chi connectivity index (χ0) is 52.0. The molecular weight excluding hydrogens is 897 g/mol. The molecule has 11 heteroatoms. The molecule has 72 heavy (non-hydrogen) atoms. The van der Waals surface area contributed by atoms with Crippen molar-refractivity contribution in [3.63, 3.8) is 0 Å². The molecule has 8 rings (SSSR count). The van der Waals surface area contributed by atoms with Crippen LogP contribution in [-0.2, 0) is 10.8 Å². The molecule has 11 nitrogen and oxygen atoms in total. The Morgan fingerprint density at radius 3 is 1.28 bits per heavy atom. The largest absolute Gasteiger partial charge is 0.505 e. The third-order valence-electron chi connectivity index (χ3n) is 14.0. The van der Waals surface area contributed by atoms with Crippen LogP contribution in [-0.4, -0.2) is 58.9 Å². The lowest BCUT2D eigenvalue weighted by Crippen LogP contribution is -2.46. The molecule has 8 aromatic rings. The highest BCUT2D eigenvalue weighted by molar-refractivity contribution is 6.21. The lowest BCUT2D eigenvalue weighted by atomic mass is 9.58. The second-order valence-electron chi connectivity index (χ2n) is 23.3. The third-order valence-corrected chi connectivity index (χ3v) is 14.0. The Kier molecular flexibility index (Phi) is 13.8. The van der Waals surface area contributed by atoms with Crippen molar-refractivity contribution in [2.45, 2.75) is 125 Å². The molecule has 374 valence electrons. The van der Waals surface area contributed by atoms with E-state index in [1.165, 1.54) is 9.59 Å². The summed E-state index contributed by atoms with van der Waals surface area (Å²) < 4.78 is 5.57. The van der Waals surface area contributed by atoms with Crippen LogP contribution in [0.5, 0.6) is 17.2 Å². The van der Waals surface area contributed by atoms with Gasteiger partial charge < -0.3 is 14.9 Å². The van der Waals surface area contributed by atoms with E-state index in [1.54, 1.807) is 55.6 Å². The number of ether oxygens (including phenoxy) is 1. The van der Waals surface area contributed by atoms with Gasteiger partial charge in [0.25, 0.3) is 0 Å². The predicted octanol–water partition coefficient (Wildman–Crippen LogP) is 14.1. The molecule has 0 aliphatic heterocycles. The number of fused-ring (bicyclic) bond motifs is 2. The first-order valence-electron chi connectivity index (χ1n) is 25.1. The Labute approximate surface area is 424 Å².